The van der Waals surface area contributed by atoms with Crippen molar-refractivity contribution in [1.82, 2.24) is 14.8 Å². The molecule has 0 atom stereocenters. The zero-order chi connectivity index (χ0) is 23.9. The van der Waals surface area contributed by atoms with E-state index in [1.807, 2.05) is 47.0 Å². The van der Waals surface area contributed by atoms with Gasteiger partial charge in [0.2, 0.25) is 5.91 Å². The van der Waals surface area contributed by atoms with E-state index >= 15 is 0 Å². The zero-order valence-corrected chi connectivity index (χ0v) is 21.2. The standard InChI is InChI=1S/C27H28N4OS2/c1-19(2)21-11-13-22(14-12-21)28-26(32)18-34-27-30-29-25(31(27)23-7-5-4-6-8-23)17-33-24-15-9-20(3)10-16-24/h4-16,19H,17-18H2,1-3H3,(H,28,32). The largest absolute Gasteiger partial charge is 0.325 e. The van der Waals surface area contributed by atoms with Crippen molar-refractivity contribution < 1.29 is 4.79 Å². The smallest absolute Gasteiger partial charge is 0.234 e. The molecule has 0 spiro atoms. The molecular weight excluding hydrogens is 460 g/mol. The first-order valence-electron chi connectivity index (χ1n) is 11.2. The number of aryl methyl sites for hydroxylation is 1. The van der Waals surface area contributed by atoms with Gasteiger partial charge in [0.1, 0.15) is 5.82 Å². The molecule has 0 radical (unpaired) electrons. The van der Waals surface area contributed by atoms with Gasteiger partial charge >= 0.3 is 0 Å². The first-order valence-corrected chi connectivity index (χ1v) is 13.2. The molecule has 7 heteroatoms. The maximum atomic E-state index is 12.6. The Labute approximate surface area is 209 Å². The zero-order valence-electron chi connectivity index (χ0n) is 19.6. The summed E-state index contributed by atoms with van der Waals surface area (Å²) in [5, 5.41) is 12.5. The average Bonchev–Trinajstić information content (AvgIpc) is 3.26. The van der Waals surface area contributed by atoms with Crippen LogP contribution in [0.4, 0.5) is 5.69 Å². The monoisotopic (exact) mass is 488 g/mol. The Balaban J connectivity index is 1.45. The van der Waals surface area contributed by atoms with E-state index in [0.717, 1.165) is 17.2 Å². The number of rotatable bonds is 9. The van der Waals surface area contributed by atoms with Crippen LogP contribution in [-0.4, -0.2) is 26.4 Å². The van der Waals surface area contributed by atoms with Crippen LogP contribution in [0.3, 0.4) is 0 Å². The number of benzene rings is 3. The van der Waals surface area contributed by atoms with Crippen LogP contribution in [0.2, 0.25) is 0 Å². The third-order valence-corrected chi connectivity index (χ3v) is 7.23. The van der Waals surface area contributed by atoms with Crippen LogP contribution in [0, 0.1) is 6.92 Å². The maximum absolute atomic E-state index is 12.6. The molecule has 3 aromatic carbocycles. The summed E-state index contributed by atoms with van der Waals surface area (Å²) in [5.74, 6) is 2.18. The first kappa shape index (κ1) is 24.1. The summed E-state index contributed by atoms with van der Waals surface area (Å²) in [7, 11) is 0. The quantitative estimate of drug-likeness (QED) is 0.265. The minimum Gasteiger partial charge on any atom is -0.325 e. The first-order chi connectivity index (χ1) is 16.5. The van der Waals surface area contributed by atoms with Crippen molar-refractivity contribution in [3.05, 3.63) is 95.8 Å². The topological polar surface area (TPSA) is 59.8 Å². The fourth-order valence-corrected chi connectivity index (χ4v) is 4.97. The minimum atomic E-state index is -0.0690. The highest BCUT2D eigenvalue weighted by Gasteiger charge is 2.16. The summed E-state index contributed by atoms with van der Waals surface area (Å²) in [6.07, 6.45) is 0. The van der Waals surface area contributed by atoms with Crippen LogP contribution < -0.4 is 5.32 Å². The normalized spacial score (nSPS) is 11.1. The number of anilines is 1. The SMILES string of the molecule is Cc1ccc(SCc2nnc(SCC(=O)Nc3ccc(C(C)C)cc3)n2-c2ccccc2)cc1. The van der Waals surface area contributed by atoms with Crippen molar-refractivity contribution in [3.8, 4) is 5.69 Å². The molecule has 0 saturated heterocycles. The van der Waals surface area contributed by atoms with E-state index in [2.05, 4.69) is 72.7 Å². The molecule has 0 fully saturated rings. The highest BCUT2D eigenvalue weighted by atomic mass is 32.2. The number of nitrogens with one attached hydrogen (secondary N) is 1. The van der Waals surface area contributed by atoms with Crippen molar-refractivity contribution in [2.24, 2.45) is 0 Å². The summed E-state index contributed by atoms with van der Waals surface area (Å²) < 4.78 is 2.04. The molecule has 1 heterocycles. The van der Waals surface area contributed by atoms with Crippen LogP contribution >= 0.6 is 23.5 Å². The number of carbonyl (C=O) groups is 1. The number of thioether (sulfide) groups is 2. The molecule has 1 aromatic heterocycles. The van der Waals surface area contributed by atoms with Crippen molar-refractivity contribution in [1.29, 1.82) is 0 Å². The van der Waals surface area contributed by atoms with Gasteiger partial charge in [0.15, 0.2) is 5.16 Å². The Kier molecular flexibility index (Phi) is 8.08. The molecule has 0 aliphatic rings. The van der Waals surface area contributed by atoms with E-state index in [1.165, 1.54) is 27.8 Å². The van der Waals surface area contributed by atoms with E-state index in [0.29, 0.717) is 16.8 Å². The molecule has 34 heavy (non-hydrogen) atoms. The van der Waals surface area contributed by atoms with Crippen LogP contribution in [0.1, 0.15) is 36.7 Å². The van der Waals surface area contributed by atoms with Crippen LogP contribution in [-0.2, 0) is 10.5 Å². The second-order valence-corrected chi connectivity index (χ2v) is 10.3. The predicted molar refractivity (Wildman–Crippen MR) is 142 cm³/mol. The lowest BCUT2D eigenvalue weighted by Crippen LogP contribution is -2.14. The van der Waals surface area contributed by atoms with Crippen molar-refractivity contribution >= 4 is 35.1 Å². The Morgan fingerprint density at radius 3 is 2.29 bits per heavy atom. The summed E-state index contributed by atoms with van der Waals surface area (Å²) in [6, 6.07) is 26.5. The van der Waals surface area contributed by atoms with Gasteiger partial charge in [0, 0.05) is 16.3 Å². The van der Waals surface area contributed by atoms with Gasteiger partial charge in [0.05, 0.1) is 11.5 Å². The molecule has 1 amide bonds. The summed E-state index contributed by atoms with van der Waals surface area (Å²) in [5.41, 5.74) is 4.28. The highest BCUT2D eigenvalue weighted by Crippen LogP contribution is 2.27. The minimum absolute atomic E-state index is 0.0690. The summed E-state index contributed by atoms with van der Waals surface area (Å²) in [6.45, 7) is 6.39. The second-order valence-electron chi connectivity index (χ2n) is 8.29. The molecule has 4 aromatic rings. The van der Waals surface area contributed by atoms with Gasteiger partial charge in [-0.2, -0.15) is 0 Å². The molecule has 1 N–H and O–H groups in total. The van der Waals surface area contributed by atoms with Crippen LogP contribution in [0.25, 0.3) is 5.69 Å². The van der Waals surface area contributed by atoms with Gasteiger partial charge in [-0.05, 0) is 54.8 Å². The van der Waals surface area contributed by atoms with Gasteiger partial charge in [-0.1, -0.05) is 73.6 Å². The van der Waals surface area contributed by atoms with E-state index in [9.17, 15) is 4.79 Å². The Morgan fingerprint density at radius 2 is 1.62 bits per heavy atom. The molecule has 0 aliphatic carbocycles. The van der Waals surface area contributed by atoms with E-state index < -0.39 is 0 Å². The molecule has 0 bridgehead atoms. The third-order valence-electron chi connectivity index (χ3n) is 5.30. The lowest BCUT2D eigenvalue weighted by atomic mass is 10.0. The molecular formula is C27H28N4OS2. The van der Waals surface area contributed by atoms with Gasteiger partial charge in [-0.3, -0.25) is 9.36 Å². The molecule has 0 aliphatic heterocycles. The van der Waals surface area contributed by atoms with Gasteiger partial charge in [-0.25, -0.2) is 0 Å². The lowest BCUT2D eigenvalue weighted by Gasteiger charge is -2.11. The number of hydrogen-bond donors (Lipinski definition) is 1. The van der Waals surface area contributed by atoms with Crippen LogP contribution in [0.15, 0.2) is 88.9 Å². The molecule has 0 saturated carbocycles. The maximum Gasteiger partial charge on any atom is 0.234 e. The van der Waals surface area contributed by atoms with Crippen molar-refractivity contribution in [2.75, 3.05) is 11.1 Å². The fraction of sp³-hybridized carbons (Fsp3) is 0.222. The van der Waals surface area contributed by atoms with E-state index in [4.69, 9.17) is 0 Å². The second kappa shape index (κ2) is 11.4. The third kappa shape index (κ3) is 6.30. The van der Waals surface area contributed by atoms with E-state index in [-0.39, 0.29) is 11.7 Å². The summed E-state index contributed by atoms with van der Waals surface area (Å²) in [4.78, 5) is 13.8. The fourth-order valence-electron chi connectivity index (χ4n) is 3.38. The average molecular weight is 489 g/mol. The number of amides is 1. The summed E-state index contributed by atoms with van der Waals surface area (Å²) >= 11 is 3.11. The number of hydrogen-bond acceptors (Lipinski definition) is 5. The van der Waals surface area contributed by atoms with Crippen LogP contribution in [0.5, 0.6) is 0 Å². The Morgan fingerprint density at radius 1 is 0.912 bits per heavy atom. The molecule has 0 unspecified atom stereocenters. The Bertz CT molecular complexity index is 1220. The number of para-hydroxylation sites is 1. The van der Waals surface area contributed by atoms with Gasteiger partial charge < -0.3 is 5.32 Å². The Hall–Kier alpha value is -3.03. The molecule has 4 rings (SSSR count). The molecule has 174 valence electrons. The van der Waals surface area contributed by atoms with E-state index in [1.54, 1.807) is 11.8 Å². The number of carbonyl (C=O) groups excluding carboxylic acids is 1. The van der Waals surface area contributed by atoms with Gasteiger partial charge in [-0.15, -0.1) is 22.0 Å². The number of aromatic nitrogens is 3. The lowest BCUT2D eigenvalue weighted by molar-refractivity contribution is -0.113. The molecule has 5 nitrogen and oxygen atoms in total. The van der Waals surface area contributed by atoms with Crippen molar-refractivity contribution in [3.63, 3.8) is 0 Å². The predicted octanol–water partition coefficient (Wildman–Crippen LogP) is 6.72. The van der Waals surface area contributed by atoms with Gasteiger partial charge in [0.25, 0.3) is 0 Å². The number of nitrogens with zero attached hydrogens (tertiary/aromatic N) is 3. The highest BCUT2D eigenvalue weighted by molar-refractivity contribution is 7.99. The van der Waals surface area contributed by atoms with Crippen molar-refractivity contribution in [2.45, 2.75) is 42.5 Å².